The Bertz CT molecular complexity index is 2060. The van der Waals surface area contributed by atoms with E-state index in [0.29, 0.717) is 39.5 Å². The fourth-order valence-electron chi connectivity index (χ4n) is 4.64. The van der Waals surface area contributed by atoms with Gasteiger partial charge in [-0.2, -0.15) is 5.10 Å². The first-order chi connectivity index (χ1) is 20.8. The number of hydrogen-bond acceptors (Lipinski definition) is 8. The molecule has 0 unspecified atom stereocenters. The summed E-state index contributed by atoms with van der Waals surface area (Å²) in [7, 11) is 3.39. The number of furan rings is 1. The highest BCUT2D eigenvalue weighted by atomic mass is 16.5. The molecule has 43 heavy (non-hydrogen) atoms. The fraction of sp³-hybridized carbons (Fsp3) is 0.0968. The van der Waals surface area contributed by atoms with E-state index in [4.69, 9.17) is 9.15 Å². The van der Waals surface area contributed by atoms with Crippen LogP contribution in [-0.2, 0) is 18.9 Å². The van der Waals surface area contributed by atoms with Crippen LogP contribution in [0.4, 0.5) is 11.4 Å². The van der Waals surface area contributed by atoms with E-state index in [1.807, 2.05) is 31.4 Å². The number of fused-ring (bicyclic) bond motifs is 1. The van der Waals surface area contributed by atoms with Crippen LogP contribution in [-0.4, -0.2) is 36.1 Å². The zero-order valence-electron chi connectivity index (χ0n) is 23.4. The summed E-state index contributed by atoms with van der Waals surface area (Å²) in [5.74, 6) is 0.488. The predicted octanol–water partition coefficient (Wildman–Crippen LogP) is 4.99. The summed E-state index contributed by atoms with van der Waals surface area (Å²) >= 11 is 0. The number of hydrogen-bond donors (Lipinski definition) is 2. The van der Waals surface area contributed by atoms with Gasteiger partial charge in [-0.25, -0.2) is 9.97 Å². The molecule has 4 heterocycles. The normalized spacial score (nSPS) is 11.0. The van der Waals surface area contributed by atoms with Crippen LogP contribution in [0.2, 0.25) is 0 Å². The van der Waals surface area contributed by atoms with E-state index in [0.717, 1.165) is 11.1 Å². The van der Waals surface area contributed by atoms with Crippen molar-refractivity contribution in [3.05, 3.63) is 101 Å². The number of ether oxygens (including phenoxy) is 1. The Morgan fingerprint density at radius 2 is 1.74 bits per heavy atom. The number of rotatable bonds is 7. The molecule has 0 aliphatic heterocycles. The Hall–Kier alpha value is -6.04. The molecule has 2 N–H and O–H groups in total. The second kappa shape index (κ2) is 11.1. The largest absolute Gasteiger partial charge is 0.438 e. The Kier molecular flexibility index (Phi) is 7.00. The van der Waals surface area contributed by atoms with Crippen LogP contribution in [0.25, 0.3) is 33.6 Å². The molecule has 0 aliphatic carbocycles. The lowest BCUT2D eigenvalue weighted by molar-refractivity contribution is -0.114. The molecular weight excluding hydrogens is 550 g/mol. The molecule has 2 amide bonds. The summed E-state index contributed by atoms with van der Waals surface area (Å²) in [5.41, 5.74) is 3.17. The minimum Gasteiger partial charge on any atom is -0.438 e. The maximum atomic E-state index is 12.7. The van der Waals surface area contributed by atoms with Crippen LogP contribution in [0.1, 0.15) is 17.3 Å². The molecule has 4 aromatic heterocycles. The topological polar surface area (TPSA) is 146 Å². The summed E-state index contributed by atoms with van der Waals surface area (Å²) in [6, 6.07) is 17.1. The predicted molar refractivity (Wildman–Crippen MR) is 160 cm³/mol. The number of carbonyl (C=O) groups is 2. The van der Waals surface area contributed by atoms with Crippen molar-refractivity contribution in [1.82, 2.24) is 24.3 Å². The molecule has 0 bridgehead atoms. The molecule has 2 aromatic carbocycles. The highest BCUT2D eigenvalue weighted by Gasteiger charge is 2.24. The molecular formula is C31H25N7O5. The van der Waals surface area contributed by atoms with Crippen molar-refractivity contribution >= 4 is 34.3 Å². The van der Waals surface area contributed by atoms with Gasteiger partial charge in [0.15, 0.2) is 0 Å². The van der Waals surface area contributed by atoms with Gasteiger partial charge in [0, 0.05) is 50.4 Å². The van der Waals surface area contributed by atoms with Crippen molar-refractivity contribution in [2.45, 2.75) is 6.92 Å². The molecule has 6 rings (SSSR count). The third kappa shape index (κ3) is 5.48. The summed E-state index contributed by atoms with van der Waals surface area (Å²) in [6.07, 6.45) is 6.44. The number of carbonyl (C=O) groups excluding carboxylic acids is 2. The SMILES string of the molecule is CC(=O)Nc1cccc(-c2c(-c3cnn(C)c3)oc3ncnc(Oc4ccc(NC(=O)c5cccn(C)c5=O)cc4)c23)c1. The van der Waals surface area contributed by atoms with E-state index in [1.54, 1.807) is 60.5 Å². The molecule has 6 aromatic rings. The van der Waals surface area contributed by atoms with Gasteiger partial charge >= 0.3 is 0 Å². The zero-order chi connectivity index (χ0) is 30.1. The number of aryl methyl sites for hydroxylation is 2. The van der Waals surface area contributed by atoms with Gasteiger partial charge < -0.3 is 24.4 Å². The summed E-state index contributed by atoms with van der Waals surface area (Å²) in [4.78, 5) is 45.5. The zero-order valence-corrected chi connectivity index (χ0v) is 23.4. The van der Waals surface area contributed by atoms with Gasteiger partial charge in [0.1, 0.15) is 28.8 Å². The van der Waals surface area contributed by atoms with E-state index in [1.165, 1.54) is 23.9 Å². The average Bonchev–Trinajstić information content (AvgIpc) is 3.59. The Morgan fingerprint density at radius 3 is 2.49 bits per heavy atom. The standard InChI is InChI=1S/C31H25N7O5/c1-18(39)35-22-7-4-6-19(14-22)25-26-29(32-17-33-30(26)43-27(25)20-15-34-38(3)16-20)42-23-11-9-21(10-12-23)36-28(40)24-8-5-13-37(2)31(24)41/h4-17H,1-3H3,(H,35,39)(H,36,40). The number of anilines is 2. The van der Waals surface area contributed by atoms with Crippen LogP contribution in [0.15, 0.2) is 94.8 Å². The Labute approximate surface area is 244 Å². The number of benzene rings is 2. The van der Waals surface area contributed by atoms with E-state index in [9.17, 15) is 14.4 Å². The average molecular weight is 576 g/mol. The molecule has 0 aliphatic rings. The third-order valence-corrected chi connectivity index (χ3v) is 6.59. The Balaban J connectivity index is 1.37. The second-order valence-electron chi connectivity index (χ2n) is 9.75. The van der Waals surface area contributed by atoms with Gasteiger partial charge in [-0.1, -0.05) is 12.1 Å². The number of aromatic nitrogens is 5. The highest BCUT2D eigenvalue weighted by molar-refractivity contribution is 6.05. The molecule has 12 nitrogen and oxygen atoms in total. The molecule has 0 atom stereocenters. The first-order valence-electron chi connectivity index (χ1n) is 13.2. The molecule has 12 heteroatoms. The van der Waals surface area contributed by atoms with Crippen molar-refractivity contribution in [1.29, 1.82) is 0 Å². The van der Waals surface area contributed by atoms with Crippen LogP contribution in [0.3, 0.4) is 0 Å². The van der Waals surface area contributed by atoms with Crippen LogP contribution in [0.5, 0.6) is 11.6 Å². The lowest BCUT2D eigenvalue weighted by Gasteiger charge is -2.10. The van der Waals surface area contributed by atoms with Crippen molar-refractivity contribution in [2.24, 2.45) is 14.1 Å². The van der Waals surface area contributed by atoms with Crippen molar-refractivity contribution in [3.8, 4) is 34.1 Å². The third-order valence-electron chi connectivity index (χ3n) is 6.59. The lowest BCUT2D eigenvalue weighted by Crippen LogP contribution is -2.26. The number of amides is 2. The first kappa shape index (κ1) is 27.1. The van der Waals surface area contributed by atoms with Gasteiger partial charge in [0.25, 0.3) is 11.5 Å². The van der Waals surface area contributed by atoms with Crippen LogP contribution in [0, 0.1) is 0 Å². The first-order valence-corrected chi connectivity index (χ1v) is 13.2. The van der Waals surface area contributed by atoms with Gasteiger partial charge in [0.2, 0.25) is 17.5 Å². The van der Waals surface area contributed by atoms with Crippen molar-refractivity contribution < 1.29 is 18.7 Å². The summed E-state index contributed by atoms with van der Waals surface area (Å²) < 4.78 is 15.5. The monoisotopic (exact) mass is 575 g/mol. The quantitative estimate of drug-likeness (QED) is 0.271. The Morgan fingerprint density at radius 1 is 0.930 bits per heavy atom. The smallest absolute Gasteiger partial charge is 0.263 e. The summed E-state index contributed by atoms with van der Waals surface area (Å²) in [6.45, 7) is 1.44. The van der Waals surface area contributed by atoms with E-state index in [2.05, 4.69) is 25.7 Å². The highest BCUT2D eigenvalue weighted by Crippen LogP contribution is 2.44. The molecule has 0 spiro atoms. The molecule has 0 radical (unpaired) electrons. The van der Waals surface area contributed by atoms with Crippen molar-refractivity contribution in [3.63, 3.8) is 0 Å². The van der Waals surface area contributed by atoms with E-state index in [-0.39, 0.29) is 17.4 Å². The fourth-order valence-corrected chi connectivity index (χ4v) is 4.64. The number of nitrogens with one attached hydrogen (secondary N) is 2. The van der Waals surface area contributed by atoms with Crippen LogP contribution < -0.4 is 20.9 Å². The van der Waals surface area contributed by atoms with Gasteiger partial charge in [0.05, 0.1) is 11.8 Å². The molecule has 0 saturated heterocycles. The maximum absolute atomic E-state index is 12.7. The molecule has 0 fully saturated rings. The lowest BCUT2D eigenvalue weighted by atomic mass is 10.0. The molecule has 214 valence electrons. The van der Waals surface area contributed by atoms with E-state index < -0.39 is 11.5 Å². The van der Waals surface area contributed by atoms with Gasteiger partial charge in [-0.15, -0.1) is 0 Å². The summed E-state index contributed by atoms with van der Waals surface area (Å²) in [5, 5.41) is 10.4. The van der Waals surface area contributed by atoms with Gasteiger partial charge in [-0.3, -0.25) is 19.1 Å². The van der Waals surface area contributed by atoms with Crippen molar-refractivity contribution in [2.75, 3.05) is 10.6 Å². The minimum absolute atomic E-state index is 0.0354. The van der Waals surface area contributed by atoms with Gasteiger partial charge in [-0.05, 0) is 54.1 Å². The van der Waals surface area contributed by atoms with E-state index >= 15 is 0 Å². The minimum atomic E-state index is -0.514. The second-order valence-corrected chi connectivity index (χ2v) is 9.75. The number of nitrogens with zero attached hydrogens (tertiary/aromatic N) is 5. The van der Waals surface area contributed by atoms with Crippen LogP contribution >= 0.6 is 0 Å². The number of pyridine rings is 1. The maximum Gasteiger partial charge on any atom is 0.263 e. The molecule has 0 saturated carbocycles.